The van der Waals surface area contributed by atoms with Crippen molar-refractivity contribution in [3.05, 3.63) is 54.5 Å². The van der Waals surface area contributed by atoms with Crippen LogP contribution in [0, 0.1) is 0 Å². The van der Waals surface area contributed by atoms with Crippen LogP contribution in [0.25, 0.3) is 11.0 Å². The maximum absolute atomic E-state index is 13.3. The monoisotopic (exact) mass is 428 g/mol. The normalized spacial score (nSPS) is 14.0. The van der Waals surface area contributed by atoms with Crippen molar-refractivity contribution >= 4 is 16.9 Å². The van der Waals surface area contributed by atoms with Crippen LogP contribution in [0.2, 0.25) is 0 Å². The average molecular weight is 429 g/mol. The third-order valence-corrected chi connectivity index (χ3v) is 5.83. The Morgan fingerprint density at radius 1 is 1.06 bits per heavy atom. The smallest absolute Gasteiger partial charge is 0.332 e. The molecule has 0 aliphatic heterocycles. The second-order valence-electron chi connectivity index (χ2n) is 8.16. The van der Waals surface area contributed by atoms with Gasteiger partial charge < -0.3 is 5.32 Å². The number of rotatable bonds is 8. The molecule has 0 bridgehead atoms. The molecule has 1 aliphatic rings. The van der Waals surface area contributed by atoms with Crippen LogP contribution in [-0.2, 0) is 20.1 Å². The Balaban J connectivity index is 2.10. The van der Waals surface area contributed by atoms with Crippen molar-refractivity contribution in [3.63, 3.8) is 0 Å². The predicted octanol–water partition coefficient (Wildman–Crippen LogP) is 2.30. The number of fused-ring (bicyclic) bond motifs is 1. The molecule has 8 heteroatoms. The van der Waals surface area contributed by atoms with Gasteiger partial charge in [0.15, 0.2) is 0 Å². The van der Waals surface area contributed by atoms with Crippen LogP contribution in [0.5, 0.6) is 0 Å². The number of allylic oxidation sites excluding steroid dienone is 1. The zero-order valence-electron chi connectivity index (χ0n) is 18.7. The topological polar surface area (TPSA) is 95.1 Å². The molecule has 2 heterocycles. The Morgan fingerprint density at radius 2 is 1.77 bits per heavy atom. The van der Waals surface area contributed by atoms with Crippen molar-refractivity contribution in [3.8, 4) is 0 Å². The number of hydrogen-bond donors (Lipinski definition) is 1. The van der Waals surface area contributed by atoms with Crippen molar-refractivity contribution in [1.29, 1.82) is 0 Å². The molecule has 0 saturated heterocycles. The minimum Gasteiger partial charge on any atom is -0.352 e. The molecule has 3 rings (SSSR count). The number of hydrogen-bond acceptors (Lipinski definition) is 4. The van der Waals surface area contributed by atoms with Gasteiger partial charge in [-0.25, -0.2) is 4.79 Å². The van der Waals surface area contributed by atoms with Gasteiger partial charge in [-0.2, -0.15) is 0 Å². The van der Waals surface area contributed by atoms with E-state index in [-0.39, 0.29) is 23.1 Å². The van der Waals surface area contributed by atoms with E-state index in [1.807, 2.05) is 13.8 Å². The minimum absolute atomic E-state index is 0.0374. The summed E-state index contributed by atoms with van der Waals surface area (Å²) in [6, 6.07) is 1.23. The molecule has 31 heavy (non-hydrogen) atoms. The van der Waals surface area contributed by atoms with E-state index < -0.39 is 22.7 Å². The summed E-state index contributed by atoms with van der Waals surface area (Å²) in [4.78, 5) is 51.9. The highest BCUT2D eigenvalue weighted by molar-refractivity contribution is 6.05. The van der Waals surface area contributed by atoms with Gasteiger partial charge in [-0.05, 0) is 44.9 Å². The molecular weight excluding hydrogens is 396 g/mol. The van der Waals surface area contributed by atoms with Gasteiger partial charge in [0.1, 0.15) is 5.65 Å². The van der Waals surface area contributed by atoms with Crippen LogP contribution in [0.3, 0.4) is 0 Å². The lowest BCUT2D eigenvalue weighted by molar-refractivity contribution is 0.0955. The fraction of sp³-hybridized carbons (Fsp3) is 0.565. The lowest BCUT2D eigenvalue weighted by Gasteiger charge is -2.17. The van der Waals surface area contributed by atoms with Gasteiger partial charge in [-0.1, -0.05) is 25.5 Å². The van der Waals surface area contributed by atoms with E-state index in [2.05, 4.69) is 11.4 Å². The number of aryl methyl sites for hydroxylation is 2. The Kier molecular flexibility index (Phi) is 7.30. The van der Waals surface area contributed by atoms with Crippen LogP contribution in [0.1, 0.15) is 69.2 Å². The van der Waals surface area contributed by atoms with Crippen molar-refractivity contribution in [2.24, 2.45) is 7.05 Å². The summed E-state index contributed by atoms with van der Waals surface area (Å²) < 4.78 is 3.87. The van der Waals surface area contributed by atoms with Gasteiger partial charge >= 0.3 is 5.69 Å². The molecule has 8 nitrogen and oxygen atoms in total. The first kappa shape index (κ1) is 22.8. The van der Waals surface area contributed by atoms with Gasteiger partial charge in [0.2, 0.25) is 0 Å². The van der Waals surface area contributed by atoms with Crippen molar-refractivity contribution in [1.82, 2.24) is 19.0 Å². The summed E-state index contributed by atoms with van der Waals surface area (Å²) in [6.07, 6.45) is 8.76. The largest absolute Gasteiger partial charge is 0.352 e. The third kappa shape index (κ3) is 4.57. The Hall–Kier alpha value is -2.90. The van der Waals surface area contributed by atoms with E-state index >= 15 is 0 Å². The molecule has 1 N–H and O–H groups in total. The molecule has 1 amide bonds. The second kappa shape index (κ2) is 9.94. The third-order valence-electron chi connectivity index (χ3n) is 5.83. The molecule has 2 aromatic heterocycles. The molecule has 0 unspecified atom stereocenters. The lowest BCUT2D eigenvalue weighted by Crippen LogP contribution is -2.42. The SMILES string of the molecule is CCCn1c(=O)c2c(C(=O)NCCC3=CCCCC3)cc(=O)n(CCC)c2n(C)c1=O. The van der Waals surface area contributed by atoms with Gasteiger partial charge in [0.05, 0.1) is 10.9 Å². The number of amides is 1. The first-order valence-electron chi connectivity index (χ1n) is 11.2. The maximum Gasteiger partial charge on any atom is 0.332 e. The summed E-state index contributed by atoms with van der Waals surface area (Å²) in [5, 5.41) is 2.99. The molecule has 168 valence electrons. The number of carbonyl (C=O) groups excluding carboxylic acids is 1. The fourth-order valence-electron chi connectivity index (χ4n) is 4.29. The first-order chi connectivity index (χ1) is 14.9. The van der Waals surface area contributed by atoms with Gasteiger partial charge in [0, 0.05) is 32.7 Å². The maximum atomic E-state index is 13.3. The first-order valence-corrected chi connectivity index (χ1v) is 11.2. The molecule has 0 fully saturated rings. The zero-order valence-corrected chi connectivity index (χ0v) is 18.7. The Morgan fingerprint density at radius 3 is 2.42 bits per heavy atom. The molecule has 1 aliphatic carbocycles. The average Bonchev–Trinajstić information content (AvgIpc) is 2.77. The predicted molar refractivity (Wildman–Crippen MR) is 122 cm³/mol. The highest BCUT2D eigenvalue weighted by Gasteiger charge is 2.22. The van der Waals surface area contributed by atoms with E-state index in [1.165, 1.54) is 33.6 Å². The summed E-state index contributed by atoms with van der Waals surface area (Å²) in [5.41, 5.74) is 0.183. The highest BCUT2D eigenvalue weighted by Crippen LogP contribution is 2.19. The number of pyridine rings is 1. The standard InChI is InChI=1S/C23H32N4O4/c1-4-13-26-18(28)15-17(20(29)24-12-11-16-9-7-6-8-10-16)19-21(26)25(3)23(31)27(14-5-2)22(19)30/h9,15H,4-8,10-14H2,1-3H3,(H,24,29). The summed E-state index contributed by atoms with van der Waals surface area (Å²) in [7, 11) is 1.54. The number of nitrogens with one attached hydrogen (secondary N) is 1. The molecular formula is C23H32N4O4. The van der Waals surface area contributed by atoms with Gasteiger partial charge in [-0.15, -0.1) is 0 Å². The van der Waals surface area contributed by atoms with Crippen molar-refractivity contribution in [2.45, 2.75) is 71.9 Å². The molecule has 0 saturated carbocycles. The van der Waals surface area contributed by atoms with Crippen molar-refractivity contribution < 1.29 is 4.79 Å². The number of aromatic nitrogens is 3. The van der Waals surface area contributed by atoms with Gasteiger partial charge in [0.25, 0.3) is 17.0 Å². The van der Waals surface area contributed by atoms with Crippen LogP contribution < -0.4 is 22.1 Å². The number of nitrogens with zero attached hydrogens (tertiary/aromatic N) is 3. The molecule has 2 aromatic rings. The quantitative estimate of drug-likeness (QED) is 0.653. The Labute approximate surface area is 181 Å². The van der Waals surface area contributed by atoms with Gasteiger partial charge in [-0.3, -0.25) is 28.1 Å². The zero-order chi connectivity index (χ0) is 22.5. The van der Waals surface area contributed by atoms with Crippen LogP contribution in [0.4, 0.5) is 0 Å². The van der Waals surface area contributed by atoms with E-state index in [9.17, 15) is 19.2 Å². The highest BCUT2D eigenvalue weighted by atomic mass is 16.2. The van der Waals surface area contributed by atoms with E-state index in [0.29, 0.717) is 25.9 Å². The van der Waals surface area contributed by atoms with Crippen molar-refractivity contribution in [2.75, 3.05) is 6.54 Å². The molecule has 0 spiro atoms. The summed E-state index contributed by atoms with van der Waals surface area (Å²) in [6.45, 7) is 4.84. The fourth-order valence-corrected chi connectivity index (χ4v) is 4.29. The van der Waals surface area contributed by atoms with E-state index in [4.69, 9.17) is 0 Å². The molecule has 0 radical (unpaired) electrons. The van der Waals surface area contributed by atoms with E-state index in [0.717, 1.165) is 23.8 Å². The van der Waals surface area contributed by atoms with E-state index in [1.54, 1.807) is 7.05 Å². The van der Waals surface area contributed by atoms with Crippen LogP contribution in [-0.4, -0.2) is 26.2 Å². The molecule has 0 atom stereocenters. The number of carbonyl (C=O) groups is 1. The van der Waals surface area contributed by atoms with Crippen LogP contribution in [0.15, 0.2) is 32.1 Å². The summed E-state index contributed by atoms with van der Waals surface area (Å²) >= 11 is 0. The second-order valence-corrected chi connectivity index (χ2v) is 8.16. The lowest BCUT2D eigenvalue weighted by atomic mass is 9.97. The summed E-state index contributed by atoms with van der Waals surface area (Å²) in [5.74, 6) is -0.457. The van der Waals surface area contributed by atoms with Crippen LogP contribution >= 0.6 is 0 Å². The molecule has 0 aromatic carbocycles. The minimum atomic E-state index is -0.523. The Bertz CT molecular complexity index is 1180.